The molecule has 5 heteroatoms. The van der Waals surface area contributed by atoms with Gasteiger partial charge in [0.1, 0.15) is 5.75 Å². The normalized spacial score (nSPS) is 10.7. The van der Waals surface area contributed by atoms with Crippen LogP contribution in [0.4, 0.5) is 0 Å². The largest absolute Gasteiger partial charge is 0.497 e. The summed E-state index contributed by atoms with van der Waals surface area (Å²) in [5.74, 6) is 0.741. The molecular formula is C11H11ClN2O2. The second-order valence-electron chi connectivity index (χ2n) is 3.28. The molecule has 0 aliphatic rings. The highest BCUT2D eigenvalue weighted by molar-refractivity contribution is 6.34. The zero-order valence-corrected chi connectivity index (χ0v) is 9.78. The summed E-state index contributed by atoms with van der Waals surface area (Å²) in [7, 11) is 3.23. The van der Waals surface area contributed by atoms with Gasteiger partial charge in [0.15, 0.2) is 5.15 Å². The molecular weight excluding hydrogens is 228 g/mol. The molecule has 0 unspecified atom stereocenters. The number of fused-ring (bicyclic) bond motifs is 1. The molecule has 0 bridgehead atoms. The summed E-state index contributed by atoms with van der Waals surface area (Å²) in [5.41, 5.74) is 0.768. The van der Waals surface area contributed by atoms with E-state index in [0.717, 1.165) is 22.2 Å². The Balaban J connectivity index is 2.65. The summed E-state index contributed by atoms with van der Waals surface area (Å²) in [5, 5.41) is 10.0. The lowest BCUT2D eigenvalue weighted by molar-refractivity contribution is 0.182. The first-order valence-corrected chi connectivity index (χ1v) is 5.12. The zero-order chi connectivity index (χ0) is 11.5. The van der Waals surface area contributed by atoms with Gasteiger partial charge in [-0.2, -0.15) is 5.10 Å². The standard InChI is InChI=1S/C11H11ClN2O2/c1-15-6-10-8-4-3-7(16-2)5-9(8)11(12)14-13-10/h3-5H,6H2,1-2H3. The van der Waals surface area contributed by atoms with Crippen LogP contribution in [0.15, 0.2) is 18.2 Å². The number of ether oxygens (including phenoxy) is 2. The Morgan fingerprint density at radius 3 is 2.69 bits per heavy atom. The van der Waals surface area contributed by atoms with Gasteiger partial charge in [-0.3, -0.25) is 0 Å². The highest BCUT2D eigenvalue weighted by atomic mass is 35.5. The van der Waals surface area contributed by atoms with Crippen LogP contribution in [0.25, 0.3) is 10.8 Å². The highest BCUT2D eigenvalue weighted by Crippen LogP contribution is 2.27. The molecule has 16 heavy (non-hydrogen) atoms. The van der Waals surface area contributed by atoms with Crippen LogP contribution in [0, 0.1) is 0 Å². The van der Waals surface area contributed by atoms with E-state index in [0.29, 0.717) is 11.8 Å². The van der Waals surface area contributed by atoms with Crippen molar-refractivity contribution >= 4 is 22.4 Å². The van der Waals surface area contributed by atoms with E-state index in [1.54, 1.807) is 14.2 Å². The Labute approximate surface area is 98.1 Å². The Kier molecular flexibility index (Phi) is 3.22. The number of nitrogens with zero attached hydrogens (tertiary/aromatic N) is 2. The second-order valence-corrected chi connectivity index (χ2v) is 3.64. The maximum atomic E-state index is 5.99. The second kappa shape index (κ2) is 4.63. The van der Waals surface area contributed by atoms with Crippen LogP contribution in [0.2, 0.25) is 5.15 Å². The number of hydrogen-bond donors (Lipinski definition) is 0. The third kappa shape index (κ3) is 1.94. The summed E-state index contributed by atoms with van der Waals surface area (Å²) in [4.78, 5) is 0. The molecule has 0 aliphatic heterocycles. The predicted molar refractivity (Wildman–Crippen MR) is 61.8 cm³/mol. The zero-order valence-electron chi connectivity index (χ0n) is 9.03. The lowest BCUT2D eigenvalue weighted by Gasteiger charge is -2.06. The molecule has 1 heterocycles. The van der Waals surface area contributed by atoms with Crippen molar-refractivity contribution in [1.82, 2.24) is 10.2 Å². The van der Waals surface area contributed by atoms with E-state index in [4.69, 9.17) is 21.1 Å². The van der Waals surface area contributed by atoms with E-state index in [2.05, 4.69) is 10.2 Å². The third-order valence-electron chi connectivity index (χ3n) is 2.30. The number of halogens is 1. The maximum absolute atomic E-state index is 5.99. The molecule has 1 aromatic heterocycles. The summed E-state index contributed by atoms with van der Waals surface area (Å²) < 4.78 is 10.2. The minimum Gasteiger partial charge on any atom is -0.497 e. The van der Waals surface area contributed by atoms with Crippen LogP contribution >= 0.6 is 11.6 Å². The van der Waals surface area contributed by atoms with Crippen LogP contribution < -0.4 is 4.74 Å². The summed E-state index contributed by atoms with van der Waals surface area (Å²) >= 11 is 5.99. The lowest BCUT2D eigenvalue weighted by atomic mass is 10.1. The molecule has 0 atom stereocenters. The Hall–Kier alpha value is -1.39. The first-order chi connectivity index (χ1) is 7.76. The summed E-state index contributed by atoms with van der Waals surface area (Å²) in [6.45, 7) is 0.410. The lowest BCUT2D eigenvalue weighted by Crippen LogP contribution is -1.97. The predicted octanol–water partition coefficient (Wildman–Crippen LogP) is 2.44. The molecule has 0 radical (unpaired) electrons. The number of hydrogen-bond acceptors (Lipinski definition) is 4. The molecule has 1 aromatic carbocycles. The molecule has 2 aromatic rings. The van der Waals surface area contributed by atoms with Crippen molar-refractivity contribution in [1.29, 1.82) is 0 Å². The number of aromatic nitrogens is 2. The fourth-order valence-electron chi connectivity index (χ4n) is 1.53. The van der Waals surface area contributed by atoms with Gasteiger partial charge in [-0.25, -0.2) is 0 Å². The summed E-state index contributed by atoms with van der Waals surface area (Å²) in [6, 6.07) is 5.61. The van der Waals surface area contributed by atoms with Crippen LogP contribution in [-0.2, 0) is 11.3 Å². The fraction of sp³-hybridized carbons (Fsp3) is 0.273. The molecule has 0 aliphatic carbocycles. The molecule has 0 saturated heterocycles. The van der Waals surface area contributed by atoms with Gasteiger partial charge in [0.05, 0.1) is 19.4 Å². The van der Waals surface area contributed by atoms with Crippen molar-refractivity contribution < 1.29 is 9.47 Å². The topological polar surface area (TPSA) is 44.2 Å². The molecule has 0 amide bonds. The van der Waals surface area contributed by atoms with Gasteiger partial charge in [0, 0.05) is 17.9 Å². The van der Waals surface area contributed by atoms with Crippen molar-refractivity contribution in [3.05, 3.63) is 29.0 Å². The van der Waals surface area contributed by atoms with E-state index in [1.165, 1.54) is 0 Å². The van der Waals surface area contributed by atoms with Gasteiger partial charge in [-0.1, -0.05) is 11.6 Å². The Morgan fingerprint density at radius 1 is 1.19 bits per heavy atom. The van der Waals surface area contributed by atoms with Crippen molar-refractivity contribution in [3.8, 4) is 5.75 Å². The van der Waals surface area contributed by atoms with Gasteiger partial charge in [-0.05, 0) is 18.2 Å². The van der Waals surface area contributed by atoms with Gasteiger partial charge in [0.25, 0.3) is 0 Å². The van der Waals surface area contributed by atoms with Crippen LogP contribution in [0.1, 0.15) is 5.69 Å². The molecule has 0 saturated carbocycles. The van der Waals surface area contributed by atoms with E-state index in [1.807, 2.05) is 18.2 Å². The monoisotopic (exact) mass is 238 g/mol. The minimum atomic E-state index is 0.369. The van der Waals surface area contributed by atoms with E-state index in [-0.39, 0.29) is 0 Å². The van der Waals surface area contributed by atoms with E-state index >= 15 is 0 Å². The minimum absolute atomic E-state index is 0.369. The summed E-state index contributed by atoms with van der Waals surface area (Å²) in [6.07, 6.45) is 0. The third-order valence-corrected chi connectivity index (χ3v) is 2.58. The average molecular weight is 239 g/mol. The van der Waals surface area contributed by atoms with Gasteiger partial charge in [0.2, 0.25) is 0 Å². The van der Waals surface area contributed by atoms with E-state index < -0.39 is 0 Å². The Bertz CT molecular complexity index is 517. The van der Waals surface area contributed by atoms with Gasteiger partial charge < -0.3 is 9.47 Å². The van der Waals surface area contributed by atoms with Crippen molar-refractivity contribution in [2.45, 2.75) is 6.61 Å². The first-order valence-electron chi connectivity index (χ1n) is 4.74. The SMILES string of the molecule is COCc1nnc(Cl)c2cc(OC)ccc12. The quantitative estimate of drug-likeness (QED) is 0.824. The fourth-order valence-corrected chi connectivity index (χ4v) is 1.72. The molecule has 0 fully saturated rings. The van der Waals surface area contributed by atoms with Crippen LogP contribution in [-0.4, -0.2) is 24.4 Å². The molecule has 0 N–H and O–H groups in total. The number of methoxy groups -OCH3 is 2. The smallest absolute Gasteiger partial charge is 0.159 e. The molecule has 0 spiro atoms. The number of rotatable bonds is 3. The van der Waals surface area contributed by atoms with Crippen molar-refractivity contribution in [2.75, 3.05) is 14.2 Å². The first kappa shape index (κ1) is 11.1. The molecule has 4 nitrogen and oxygen atoms in total. The molecule has 84 valence electrons. The van der Waals surface area contributed by atoms with Crippen LogP contribution in [0.5, 0.6) is 5.75 Å². The van der Waals surface area contributed by atoms with Crippen molar-refractivity contribution in [2.24, 2.45) is 0 Å². The number of benzene rings is 1. The average Bonchev–Trinajstić information content (AvgIpc) is 2.33. The van der Waals surface area contributed by atoms with Gasteiger partial charge in [-0.15, -0.1) is 5.10 Å². The molecule has 2 rings (SSSR count). The van der Waals surface area contributed by atoms with Crippen LogP contribution in [0.3, 0.4) is 0 Å². The van der Waals surface area contributed by atoms with Gasteiger partial charge >= 0.3 is 0 Å². The highest BCUT2D eigenvalue weighted by Gasteiger charge is 2.08. The maximum Gasteiger partial charge on any atom is 0.159 e. The van der Waals surface area contributed by atoms with Crippen molar-refractivity contribution in [3.63, 3.8) is 0 Å². The van der Waals surface area contributed by atoms with E-state index in [9.17, 15) is 0 Å². The Morgan fingerprint density at radius 2 is 2.00 bits per heavy atom.